The highest BCUT2D eigenvalue weighted by Crippen LogP contribution is 2.32. The summed E-state index contributed by atoms with van der Waals surface area (Å²) >= 11 is 0. The first kappa shape index (κ1) is 14.0. The summed E-state index contributed by atoms with van der Waals surface area (Å²) in [7, 11) is 0. The maximum Gasteiger partial charge on any atom is 0.112 e. The molecule has 1 saturated heterocycles. The van der Waals surface area contributed by atoms with Crippen LogP contribution >= 0.6 is 0 Å². The molecule has 96 valence electrons. The Bertz CT molecular complexity index is 174. The molecule has 0 spiro atoms. The van der Waals surface area contributed by atoms with Crippen LogP contribution < -0.4 is 5.32 Å². The van der Waals surface area contributed by atoms with Gasteiger partial charge in [0.05, 0.1) is 0 Å². The van der Waals surface area contributed by atoms with Crippen LogP contribution in [0.4, 0.5) is 4.39 Å². The van der Waals surface area contributed by atoms with E-state index in [1.54, 1.807) is 0 Å². The van der Waals surface area contributed by atoms with E-state index in [1.807, 2.05) is 6.92 Å². The van der Waals surface area contributed by atoms with Crippen LogP contribution in [0.2, 0.25) is 0 Å². The number of hydrogen-bond donors (Lipinski definition) is 1. The molecule has 1 N–H and O–H groups in total. The lowest BCUT2D eigenvalue weighted by atomic mass is 9.81. The minimum absolute atomic E-state index is 0.243. The molecule has 1 fully saturated rings. The van der Waals surface area contributed by atoms with Gasteiger partial charge < -0.3 is 5.32 Å². The first-order chi connectivity index (χ1) is 7.67. The molecule has 0 saturated carbocycles. The van der Waals surface area contributed by atoms with Gasteiger partial charge in [0.1, 0.15) is 5.67 Å². The lowest BCUT2D eigenvalue weighted by Crippen LogP contribution is -2.41. The van der Waals surface area contributed by atoms with Crippen molar-refractivity contribution in [2.75, 3.05) is 13.1 Å². The maximum absolute atomic E-state index is 14.4. The Labute approximate surface area is 100 Å². The molecule has 0 aromatic heterocycles. The van der Waals surface area contributed by atoms with Crippen LogP contribution in [0.5, 0.6) is 0 Å². The third-order valence-electron chi connectivity index (χ3n) is 3.92. The summed E-state index contributed by atoms with van der Waals surface area (Å²) in [5, 5.41) is 3.31. The van der Waals surface area contributed by atoms with Crippen LogP contribution in [0, 0.1) is 5.92 Å². The van der Waals surface area contributed by atoms with E-state index in [0.717, 1.165) is 38.8 Å². The van der Waals surface area contributed by atoms with E-state index in [1.165, 1.54) is 25.7 Å². The molecular formula is C14H28FN. The van der Waals surface area contributed by atoms with Gasteiger partial charge >= 0.3 is 0 Å². The number of nitrogens with one attached hydrogen (secondary N) is 1. The SMILES string of the molecule is CCCCCCCC(C)(F)C1CCCNC1. The van der Waals surface area contributed by atoms with Crippen LogP contribution in [-0.4, -0.2) is 18.8 Å². The van der Waals surface area contributed by atoms with Gasteiger partial charge in [-0.3, -0.25) is 0 Å². The molecule has 0 radical (unpaired) electrons. The maximum atomic E-state index is 14.4. The molecule has 2 atom stereocenters. The Hall–Kier alpha value is -0.110. The zero-order chi connectivity index (χ0) is 11.9. The number of hydrogen-bond acceptors (Lipinski definition) is 1. The summed E-state index contributed by atoms with van der Waals surface area (Å²) in [5.41, 5.74) is -0.945. The molecule has 16 heavy (non-hydrogen) atoms. The predicted octanol–water partition coefficient (Wildman–Crippen LogP) is 4.07. The Kier molecular flexibility index (Phi) is 6.33. The van der Waals surface area contributed by atoms with Gasteiger partial charge in [-0.05, 0) is 32.7 Å². The van der Waals surface area contributed by atoms with Gasteiger partial charge in [0.25, 0.3) is 0 Å². The van der Waals surface area contributed by atoms with Crippen LogP contribution in [-0.2, 0) is 0 Å². The van der Waals surface area contributed by atoms with Gasteiger partial charge in [0.2, 0.25) is 0 Å². The third-order valence-corrected chi connectivity index (χ3v) is 3.92. The highest BCUT2D eigenvalue weighted by molar-refractivity contribution is 4.86. The summed E-state index contributed by atoms with van der Waals surface area (Å²) in [6.45, 7) is 5.97. The average molecular weight is 229 g/mol. The first-order valence-electron chi connectivity index (χ1n) is 7.06. The molecule has 1 rings (SSSR count). The molecule has 0 amide bonds. The van der Waals surface area contributed by atoms with E-state index in [9.17, 15) is 4.39 Å². The molecule has 0 bridgehead atoms. The van der Waals surface area contributed by atoms with Crippen molar-refractivity contribution in [2.45, 2.75) is 70.9 Å². The standard InChI is InChI=1S/C14H28FN/c1-3-4-5-6-7-10-14(2,15)13-9-8-11-16-12-13/h13,16H,3-12H2,1-2H3. The van der Waals surface area contributed by atoms with Crippen molar-refractivity contribution in [3.05, 3.63) is 0 Å². The van der Waals surface area contributed by atoms with Gasteiger partial charge in [-0.2, -0.15) is 0 Å². The van der Waals surface area contributed by atoms with Crippen LogP contribution in [0.1, 0.15) is 65.2 Å². The quantitative estimate of drug-likeness (QED) is 0.649. The van der Waals surface area contributed by atoms with Gasteiger partial charge in [0.15, 0.2) is 0 Å². The molecule has 1 nitrogen and oxygen atoms in total. The topological polar surface area (TPSA) is 12.0 Å². The Morgan fingerprint density at radius 2 is 2.00 bits per heavy atom. The van der Waals surface area contributed by atoms with E-state index in [0.29, 0.717) is 0 Å². The smallest absolute Gasteiger partial charge is 0.112 e. The number of piperidine rings is 1. The molecule has 1 aliphatic heterocycles. The zero-order valence-corrected chi connectivity index (χ0v) is 11.0. The van der Waals surface area contributed by atoms with E-state index in [2.05, 4.69) is 12.2 Å². The van der Waals surface area contributed by atoms with Crippen molar-refractivity contribution < 1.29 is 4.39 Å². The Morgan fingerprint density at radius 1 is 1.25 bits per heavy atom. The summed E-state index contributed by atoms with van der Waals surface area (Å²) < 4.78 is 14.4. The van der Waals surface area contributed by atoms with Gasteiger partial charge in [-0.15, -0.1) is 0 Å². The second kappa shape index (κ2) is 7.26. The normalized spacial score (nSPS) is 25.3. The van der Waals surface area contributed by atoms with Crippen LogP contribution in [0.25, 0.3) is 0 Å². The van der Waals surface area contributed by atoms with Crippen molar-refractivity contribution in [1.29, 1.82) is 0 Å². The van der Waals surface area contributed by atoms with E-state index in [4.69, 9.17) is 0 Å². The summed E-state index contributed by atoms with van der Waals surface area (Å²) in [6.07, 6.45) is 9.05. The lowest BCUT2D eigenvalue weighted by molar-refractivity contribution is 0.0707. The molecule has 1 heterocycles. The molecule has 2 unspecified atom stereocenters. The largest absolute Gasteiger partial charge is 0.316 e. The lowest BCUT2D eigenvalue weighted by Gasteiger charge is -2.34. The van der Waals surface area contributed by atoms with E-state index < -0.39 is 5.67 Å². The minimum atomic E-state index is -0.945. The van der Waals surface area contributed by atoms with Gasteiger partial charge in [-0.1, -0.05) is 39.0 Å². The Morgan fingerprint density at radius 3 is 2.62 bits per heavy atom. The number of halogens is 1. The molecular weight excluding hydrogens is 201 g/mol. The fraction of sp³-hybridized carbons (Fsp3) is 1.00. The van der Waals surface area contributed by atoms with Crippen LogP contribution in [0.3, 0.4) is 0 Å². The van der Waals surface area contributed by atoms with E-state index >= 15 is 0 Å². The number of unbranched alkanes of at least 4 members (excludes halogenated alkanes) is 4. The first-order valence-corrected chi connectivity index (χ1v) is 7.06. The molecule has 1 aliphatic rings. The van der Waals surface area contributed by atoms with Crippen molar-refractivity contribution in [3.8, 4) is 0 Å². The fourth-order valence-corrected chi connectivity index (χ4v) is 2.64. The zero-order valence-electron chi connectivity index (χ0n) is 11.0. The second-order valence-electron chi connectivity index (χ2n) is 5.49. The summed E-state index contributed by atoms with van der Waals surface area (Å²) in [4.78, 5) is 0. The van der Waals surface area contributed by atoms with Crippen molar-refractivity contribution in [3.63, 3.8) is 0 Å². The van der Waals surface area contributed by atoms with Gasteiger partial charge in [0, 0.05) is 12.5 Å². The predicted molar refractivity (Wildman–Crippen MR) is 68.5 cm³/mol. The third kappa shape index (κ3) is 4.82. The highest BCUT2D eigenvalue weighted by atomic mass is 19.1. The Balaban J connectivity index is 2.16. The molecule has 0 aromatic rings. The van der Waals surface area contributed by atoms with Crippen molar-refractivity contribution >= 4 is 0 Å². The number of rotatable bonds is 7. The average Bonchev–Trinajstić information content (AvgIpc) is 2.30. The van der Waals surface area contributed by atoms with Gasteiger partial charge in [-0.25, -0.2) is 4.39 Å². The van der Waals surface area contributed by atoms with Crippen molar-refractivity contribution in [1.82, 2.24) is 5.32 Å². The fourth-order valence-electron chi connectivity index (χ4n) is 2.64. The monoisotopic (exact) mass is 229 g/mol. The molecule has 0 aliphatic carbocycles. The molecule has 0 aromatic carbocycles. The van der Waals surface area contributed by atoms with Crippen molar-refractivity contribution in [2.24, 2.45) is 5.92 Å². The summed E-state index contributed by atoms with van der Waals surface area (Å²) in [6, 6.07) is 0. The second-order valence-corrected chi connectivity index (χ2v) is 5.49. The summed E-state index contributed by atoms with van der Waals surface area (Å²) in [5.74, 6) is 0.243. The number of alkyl halides is 1. The van der Waals surface area contributed by atoms with E-state index in [-0.39, 0.29) is 5.92 Å². The minimum Gasteiger partial charge on any atom is -0.316 e. The highest BCUT2D eigenvalue weighted by Gasteiger charge is 2.34. The van der Waals surface area contributed by atoms with Crippen LogP contribution in [0.15, 0.2) is 0 Å². The molecule has 2 heteroatoms.